The summed E-state index contributed by atoms with van der Waals surface area (Å²) in [7, 11) is 0. The first-order valence-electron chi connectivity index (χ1n) is 11.1. The standard InChI is InChI=1S/C24H29N3O4S/c1-15-23(32-14-25-15)18-8-5-17(6-9-18)7-10-22(30)21-12-19(29)13-27(21)24(31)20-4-3-11-26(20)16(2)28/h5-6,8-9,14,19-21,29H,3-4,7,10-13H2,1-2H3/t19-,20+,21+/m1/s1. The van der Waals surface area contributed by atoms with Crippen molar-refractivity contribution in [1.82, 2.24) is 14.8 Å². The highest BCUT2D eigenvalue weighted by molar-refractivity contribution is 7.13. The van der Waals surface area contributed by atoms with Crippen molar-refractivity contribution in [3.63, 3.8) is 0 Å². The Bertz CT molecular complexity index is 1000. The zero-order valence-corrected chi connectivity index (χ0v) is 19.3. The molecule has 32 heavy (non-hydrogen) atoms. The topological polar surface area (TPSA) is 90.8 Å². The Morgan fingerprint density at radius 3 is 2.56 bits per heavy atom. The number of likely N-dealkylation sites (tertiary alicyclic amines) is 2. The van der Waals surface area contributed by atoms with Crippen molar-refractivity contribution in [2.45, 2.75) is 64.1 Å². The number of carbonyl (C=O) groups is 3. The number of amides is 2. The van der Waals surface area contributed by atoms with Gasteiger partial charge in [-0.05, 0) is 37.3 Å². The van der Waals surface area contributed by atoms with E-state index in [4.69, 9.17) is 0 Å². The van der Waals surface area contributed by atoms with Crippen LogP contribution in [0.3, 0.4) is 0 Å². The number of hydrogen-bond donors (Lipinski definition) is 1. The fraction of sp³-hybridized carbons (Fsp3) is 0.500. The molecule has 2 aliphatic heterocycles. The van der Waals surface area contributed by atoms with E-state index < -0.39 is 18.2 Å². The lowest BCUT2D eigenvalue weighted by Crippen LogP contribution is -2.50. The predicted molar refractivity (Wildman–Crippen MR) is 122 cm³/mol. The van der Waals surface area contributed by atoms with Gasteiger partial charge < -0.3 is 14.9 Å². The van der Waals surface area contributed by atoms with Crippen LogP contribution in [0, 0.1) is 6.92 Å². The molecule has 1 N–H and O–H groups in total. The minimum atomic E-state index is -0.706. The number of Topliss-reactive ketones (excluding diaryl/α,β-unsaturated/α-hetero) is 1. The summed E-state index contributed by atoms with van der Waals surface area (Å²) in [4.78, 5) is 46.6. The maximum Gasteiger partial charge on any atom is 0.246 e. The monoisotopic (exact) mass is 455 g/mol. The van der Waals surface area contributed by atoms with Crippen molar-refractivity contribution < 1.29 is 19.5 Å². The van der Waals surface area contributed by atoms with Crippen LogP contribution in [-0.4, -0.2) is 68.8 Å². The Hall–Kier alpha value is -2.58. The molecule has 0 spiro atoms. The van der Waals surface area contributed by atoms with E-state index in [1.807, 2.05) is 36.7 Å². The maximum absolute atomic E-state index is 13.1. The number of aliphatic hydroxyl groups is 1. The van der Waals surface area contributed by atoms with Gasteiger partial charge in [-0.3, -0.25) is 14.4 Å². The number of hydrogen-bond acceptors (Lipinski definition) is 6. The molecule has 0 radical (unpaired) electrons. The largest absolute Gasteiger partial charge is 0.391 e. The molecule has 0 aliphatic carbocycles. The summed E-state index contributed by atoms with van der Waals surface area (Å²) >= 11 is 1.61. The SMILES string of the molecule is CC(=O)N1CCC[C@H]1C(=O)N1C[C@H](O)C[C@H]1C(=O)CCc1ccc(-c2scnc2C)cc1. The third kappa shape index (κ3) is 4.61. The Morgan fingerprint density at radius 1 is 1.16 bits per heavy atom. The second-order valence-electron chi connectivity index (χ2n) is 8.70. The van der Waals surface area contributed by atoms with Crippen molar-refractivity contribution in [2.75, 3.05) is 13.1 Å². The van der Waals surface area contributed by atoms with Crippen LogP contribution in [0.1, 0.15) is 43.9 Å². The van der Waals surface area contributed by atoms with Gasteiger partial charge in [0.2, 0.25) is 11.8 Å². The first-order chi connectivity index (χ1) is 15.3. The molecule has 8 heteroatoms. The van der Waals surface area contributed by atoms with Crippen molar-refractivity contribution in [3.05, 3.63) is 41.0 Å². The highest BCUT2D eigenvalue weighted by atomic mass is 32.1. The van der Waals surface area contributed by atoms with Crippen LogP contribution < -0.4 is 0 Å². The first kappa shape index (κ1) is 22.6. The van der Waals surface area contributed by atoms with Crippen LogP contribution >= 0.6 is 11.3 Å². The number of ketones is 1. The summed E-state index contributed by atoms with van der Waals surface area (Å²) in [5.74, 6) is -0.373. The molecule has 3 heterocycles. The van der Waals surface area contributed by atoms with Gasteiger partial charge in [-0.1, -0.05) is 24.3 Å². The minimum Gasteiger partial charge on any atom is -0.391 e. The number of aromatic nitrogens is 1. The second kappa shape index (κ2) is 9.50. The van der Waals surface area contributed by atoms with Crippen LogP contribution in [0.25, 0.3) is 10.4 Å². The van der Waals surface area contributed by atoms with Gasteiger partial charge in [0.05, 0.1) is 28.2 Å². The minimum absolute atomic E-state index is 0.0374. The number of thiazole rings is 1. The summed E-state index contributed by atoms with van der Waals surface area (Å²) in [5, 5.41) is 10.2. The highest BCUT2D eigenvalue weighted by Crippen LogP contribution is 2.28. The molecule has 4 rings (SSSR count). The van der Waals surface area contributed by atoms with Crippen LogP contribution in [0.4, 0.5) is 0 Å². The predicted octanol–water partition coefficient (Wildman–Crippen LogP) is 2.59. The maximum atomic E-state index is 13.1. The van der Waals surface area contributed by atoms with Crippen molar-refractivity contribution in [3.8, 4) is 10.4 Å². The molecule has 7 nitrogen and oxygen atoms in total. The van der Waals surface area contributed by atoms with Gasteiger partial charge in [-0.2, -0.15) is 0 Å². The summed E-state index contributed by atoms with van der Waals surface area (Å²) in [6.07, 6.45) is 1.84. The van der Waals surface area contributed by atoms with E-state index in [0.717, 1.165) is 28.1 Å². The Morgan fingerprint density at radius 2 is 1.91 bits per heavy atom. The summed E-state index contributed by atoms with van der Waals surface area (Å²) < 4.78 is 0. The number of β-amino-alcohol motifs (C(OH)–C–C–N with tert-alkyl or cyclic N) is 1. The molecule has 3 atom stereocenters. The molecule has 1 aromatic carbocycles. The number of aryl methyl sites for hydroxylation is 2. The quantitative estimate of drug-likeness (QED) is 0.723. The van der Waals surface area contributed by atoms with Crippen molar-refractivity contribution in [1.29, 1.82) is 0 Å². The number of benzene rings is 1. The summed E-state index contributed by atoms with van der Waals surface area (Å²) in [6, 6.07) is 7.01. The van der Waals surface area contributed by atoms with Crippen molar-refractivity contribution >= 4 is 28.9 Å². The van der Waals surface area contributed by atoms with Gasteiger partial charge >= 0.3 is 0 Å². The zero-order valence-electron chi connectivity index (χ0n) is 18.5. The lowest BCUT2D eigenvalue weighted by molar-refractivity contribution is -0.145. The molecule has 2 amide bonds. The van der Waals surface area contributed by atoms with E-state index in [9.17, 15) is 19.5 Å². The van der Waals surface area contributed by atoms with E-state index in [1.165, 1.54) is 11.8 Å². The van der Waals surface area contributed by atoms with Crippen LogP contribution in [0.15, 0.2) is 29.8 Å². The molecule has 1 aromatic heterocycles. The van der Waals surface area contributed by atoms with E-state index in [-0.39, 0.29) is 30.6 Å². The fourth-order valence-corrected chi connectivity index (χ4v) is 5.60. The summed E-state index contributed by atoms with van der Waals surface area (Å²) in [5.41, 5.74) is 5.01. The number of carbonyl (C=O) groups excluding carboxylic acids is 3. The Labute approximate surface area is 192 Å². The average molecular weight is 456 g/mol. The third-order valence-corrected chi connectivity index (χ3v) is 7.48. The molecular weight excluding hydrogens is 426 g/mol. The number of aliphatic hydroxyl groups excluding tert-OH is 1. The van der Waals surface area contributed by atoms with Crippen LogP contribution in [0.2, 0.25) is 0 Å². The third-order valence-electron chi connectivity index (χ3n) is 6.50. The molecule has 0 saturated carbocycles. The Kier molecular flexibility index (Phi) is 6.71. The van der Waals surface area contributed by atoms with Crippen molar-refractivity contribution in [2.24, 2.45) is 0 Å². The van der Waals surface area contributed by atoms with E-state index in [1.54, 1.807) is 16.2 Å². The zero-order chi connectivity index (χ0) is 22.8. The number of rotatable bonds is 6. The molecular formula is C24H29N3O4S. The summed E-state index contributed by atoms with van der Waals surface area (Å²) in [6.45, 7) is 4.18. The molecule has 0 bridgehead atoms. The highest BCUT2D eigenvalue weighted by Gasteiger charge is 2.43. The average Bonchev–Trinajstić information content (AvgIpc) is 3.51. The van der Waals surface area contributed by atoms with Crippen LogP contribution in [0.5, 0.6) is 0 Å². The smallest absolute Gasteiger partial charge is 0.246 e. The van der Waals surface area contributed by atoms with E-state index in [2.05, 4.69) is 4.98 Å². The molecule has 170 valence electrons. The Balaban J connectivity index is 1.39. The van der Waals surface area contributed by atoms with Gasteiger partial charge in [-0.25, -0.2) is 4.98 Å². The van der Waals surface area contributed by atoms with Gasteiger partial charge in [0.15, 0.2) is 5.78 Å². The van der Waals surface area contributed by atoms with Gasteiger partial charge in [-0.15, -0.1) is 11.3 Å². The van der Waals surface area contributed by atoms with E-state index >= 15 is 0 Å². The first-order valence-corrected chi connectivity index (χ1v) is 12.0. The normalized spacial score (nSPS) is 23.0. The van der Waals surface area contributed by atoms with E-state index in [0.29, 0.717) is 25.8 Å². The lowest BCUT2D eigenvalue weighted by Gasteiger charge is -2.30. The number of nitrogens with zero attached hydrogens (tertiary/aromatic N) is 3. The molecule has 2 aromatic rings. The fourth-order valence-electron chi connectivity index (χ4n) is 4.79. The van der Waals surface area contributed by atoms with Crippen LogP contribution in [-0.2, 0) is 20.8 Å². The second-order valence-corrected chi connectivity index (χ2v) is 9.55. The molecule has 2 saturated heterocycles. The van der Waals surface area contributed by atoms with Gasteiger partial charge in [0, 0.05) is 32.9 Å². The van der Waals surface area contributed by atoms with Gasteiger partial charge in [0.1, 0.15) is 6.04 Å². The molecule has 2 aliphatic rings. The van der Waals surface area contributed by atoms with Gasteiger partial charge in [0.25, 0.3) is 0 Å². The lowest BCUT2D eigenvalue weighted by atomic mass is 10.00. The molecule has 0 unspecified atom stereocenters. The molecule has 2 fully saturated rings.